The van der Waals surface area contributed by atoms with Crippen LogP contribution in [0.2, 0.25) is 10.0 Å². The number of hydrogen-bond acceptors (Lipinski definition) is 4. The Morgan fingerprint density at radius 3 is 2.34 bits per heavy atom. The molecular formula is C26H19Cl2N5O2. The lowest BCUT2D eigenvalue weighted by atomic mass is 9.90. The van der Waals surface area contributed by atoms with Crippen LogP contribution in [0.4, 0.5) is 0 Å². The molecule has 2 aromatic heterocycles. The van der Waals surface area contributed by atoms with Gasteiger partial charge in [-0.25, -0.2) is 4.68 Å². The molecule has 2 aliphatic rings. The maximum absolute atomic E-state index is 14.1. The Labute approximate surface area is 211 Å². The van der Waals surface area contributed by atoms with Gasteiger partial charge in [0, 0.05) is 46.7 Å². The molecule has 6 rings (SSSR count). The molecule has 1 atom stereocenters. The van der Waals surface area contributed by atoms with Gasteiger partial charge >= 0.3 is 0 Å². The predicted octanol–water partition coefficient (Wildman–Crippen LogP) is 4.70. The average molecular weight is 504 g/mol. The monoisotopic (exact) mass is 503 g/mol. The fourth-order valence-electron chi connectivity index (χ4n) is 5.22. The highest BCUT2D eigenvalue weighted by Crippen LogP contribution is 2.50. The third-order valence-corrected chi connectivity index (χ3v) is 7.31. The number of hydrogen-bond donors (Lipinski definition) is 0. The Kier molecular flexibility index (Phi) is 4.95. The van der Waals surface area contributed by atoms with Crippen LogP contribution in [0.1, 0.15) is 37.5 Å². The predicted molar refractivity (Wildman–Crippen MR) is 132 cm³/mol. The fourth-order valence-corrected chi connectivity index (χ4v) is 5.47. The number of carbonyl (C=O) groups excluding carboxylic acids is 2. The first-order valence-electron chi connectivity index (χ1n) is 11.1. The van der Waals surface area contributed by atoms with E-state index in [2.05, 4.69) is 10.1 Å². The molecule has 4 aromatic rings. The molecule has 0 aliphatic carbocycles. The van der Waals surface area contributed by atoms with Crippen molar-refractivity contribution in [3.05, 3.63) is 111 Å². The minimum Gasteiger partial charge on any atom is -0.306 e. The van der Waals surface area contributed by atoms with Crippen molar-refractivity contribution in [2.45, 2.75) is 12.6 Å². The van der Waals surface area contributed by atoms with Crippen LogP contribution >= 0.6 is 23.2 Å². The van der Waals surface area contributed by atoms with Crippen LogP contribution in [0.15, 0.2) is 73.2 Å². The largest absolute Gasteiger partial charge is 0.306 e. The molecule has 4 heterocycles. The summed E-state index contributed by atoms with van der Waals surface area (Å²) in [4.78, 5) is 35.4. The van der Waals surface area contributed by atoms with Crippen molar-refractivity contribution in [2.24, 2.45) is 0 Å². The third-order valence-electron chi connectivity index (χ3n) is 6.80. The number of halogens is 2. The van der Waals surface area contributed by atoms with Crippen LogP contribution in [0.3, 0.4) is 0 Å². The van der Waals surface area contributed by atoms with Gasteiger partial charge in [-0.05, 0) is 49.4 Å². The summed E-state index contributed by atoms with van der Waals surface area (Å²) >= 11 is 12.2. The number of benzene rings is 2. The van der Waals surface area contributed by atoms with Gasteiger partial charge in [0.1, 0.15) is 0 Å². The number of amides is 2. The first-order chi connectivity index (χ1) is 16.9. The first kappa shape index (κ1) is 21.8. The van der Waals surface area contributed by atoms with E-state index in [4.69, 9.17) is 23.2 Å². The SMILES string of the molecule is Cc1c(C(=O)N2CCN3C(=O)c4ccncc4C32c2ccc(Cl)cc2)cnn1-c1ccc(Cl)cc1. The highest BCUT2D eigenvalue weighted by molar-refractivity contribution is 6.30. The van der Waals surface area contributed by atoms with Gasteiger partial charge in [0.05, 0.1) is 28.7 Å². The number of rotatable bonds is 3. The second-order valence-electron chi connectivity index (χ2n) is 8.55. The summed E-state index contributed by atoms with van der Waals surface area (Å²) in [6.45, 7) is 2.62. The lowest BCUT2D eigenvalue weighted by Crippen LogP contribution is -2.51. The Morgan fingerprint density at radius 2 is 1.63 bits per heavy atom. The highest BCUT2D eigenvalue weighted by Gasteiger charge is 2.60. The van der Waals surface area contributed by atoms with Crippen molar-refractivity contribution in [3.8, 4) is 5.69 Å². The van der Waals surface area contributed by atoms with Crippen LogP contribution in [0.5, 0.6) is 0 Å². The molecule has 9 heteroatoms. The summed E-state index contributed by atoms with van der Waals surface area (Å²) in [7, 11) is 0. The van der Waals surface area contributed by atoms with Gasteiger partial charge in [-0.2, -0.15) is 5.10 Å². The Balaban J connectivity index is 1.50. The molecule has 0 bridgehead atoms. The van der Waals surface area contributed by atoms with Crippen LogP contribution < -0.4 is 0 Å². The van der Waals surface area contributed by atoms with Gasteiger partial charge in [-0.1, -0.05) is 35.3 Å². The molecule has 0 saturated carbocycles. The second kappa shape index (κ2) is 7.93. The molecule has 2 aromatic carbocycles. The van der Waals surface area contributed by atoms with Crippen LogP contribution in [-0.4, -0.2) is 49.5 Å². The molecule has 1 fully saturated rings. The van der Waals surface area contributed by atoms with E-state index >= 15 is 0 Å². The first-order valence-corrected chi connectivity index (χ1v) is 11.8. The maximum Gasteiger partial charge on any atom is 0.259 e. The zero-order valence-electron chi connectivity index (χ0n) is 18.7. The number of aromatic nitrogens is 3. The van der Waals surface area contributed by atoms with Gasteiger partial charge in [0.15, 0.2) is 5.66 Å². The van der Waals surface area contributed by atoms with Crippen molar-refractivity contribution in [2.75, 3.05) is 13.1 Å². The molecule has 2 aliphatic heterocycles. The van der Waals surface area contributed by atoms with Crippen molar-refractivity contribution >= 4 is 35.0 Å². The fraction of sp³-hybridized carbons (Fsp3) is 0.154. The summed E-state index contributed by atoms with van der Waals surface area (Å²) in [5, 5.41) is 5.67. The van der Waals surface area contributed by atoms with Gasteiger partial charge in [0.2, 0.25) is 0 Å². The van der Waals surface area contributed by atoms with E-state index < -0.39 is 5.66 Å². The average Bonchev–Trinajstić information content (AvgIpc) is 3.52. The number of pyridine rings is 1. The molecular weight excluding hydrogens is 485 g/mol. The maximum atomic E-state index is 14.1. The Hall–Kier alpha value is -3.68. The summed E-state index contributed by atoms with van der Waals surface area (Å²) in [5.41, 5.74) is 2.83. The van der Waals surface area contributed by atoms with Crippen molar-refractivity contribution in [3.63, 3.8) is 0 Å². The summed E-state index contributed by atoms with van der Waals surface area (Å²) in [6, 6.07) is 16.2. The van der Waals surface area contributed by atoms with Crippen molar-refractivity contribution in [1.29, 1.82) is 0 Å². The van der Waals surface area contributed by atoms with E-state index in [0.29, 0.717) is 45.5 Å². The number of carbonyl (C=O) groups is 2. The van der Waals surface area contributed by atoms with E-state index in [0.717, 1.165) is 11.3 Å². The molecule has 2 amide bonds. The molecule has 0 spiro atoms. The van der Waals surface area contributed by atoms with Crippen LogP contribution in [-0.2, 0) is 5.66 Å². The topological polar surface area (TPSA) is 71.3 Å². The smallest absolute Gasteiger partial charge is 0.259 e. The van der Waals surface area contributed by atoms with E-state index in [1.807, 2.05) is 31.2 Å². The van der Waals surface area contributed by atoms with E-state index in [1.165, 1.54) is 0 Å². The van der Waals surface area contributed by atoms with Gasteiger partial charge < -0.3 is 9.80 Å². The quantitative estimate of drug-likeness (QED) is 0.406. The lowest BCUT2D eigenvalue weighted by molar-refractivity contribution is 0.0374. The molecule has 1 unspecified atom stereocenters. The standard InChI is InChI=1S/C26H19Cl2N5O2/c1-16-22(14-30-33(16)20-8-6-19(28)7-9-20)25(35)32-13-12-31-24(34)21-10-11-29-15-23(21)26(31,32)17-2-4-18(27)5-3-17/h2-11,14-15H,12-13H2,1H3. The Morgan fingerprint density at radius 1 is 0.943 bits per heavy atom. The Bertz CT molecular complexity index is 1480. The van der Waals surface area contributed by atoms with E-state index in [-0.39, 0.29) is 11.8 Å². The van der Waals surface area contributed by atoms with E-state index in [9.17, 15) is 9.59 Å². The molecule has 7 nitrogen and oxygen atoms in total. The van der Waals surface area contributed by atoms with Crippen molar-refractivity contribution < 1.29 is 9.59 Å². The minimum atomic E-state index is -1.11. The molecule has 0 radical (unpaired) electrons. The molecule has 0 N–H and O–H groups in total. The minimum absolute atomic E-state index is 0.124. The summed E-state index contributed by atoms with van der Waals surface area (Å²) < 4.78 is 1.71. The number of fused-ring (bicyclic) bond motifs is 3. The normalized spacial score (nSPS) is 18.7. The van der Waals surface area contributed by atoms with Crippen molar-refractivity contribution in [1.82, 2.24) is 24.6 Å². The number of nitrogens with zero attached hydrogens (tertiary/aromatic N) is 5. The highest BCUT2D eigenvalue weighted by atomic mass is 35.5. The summed E-state index contributed by atoms with van der Waals surface area (Å²) in [5.74, 6) is -0.342. The van der Waals surface area contributed by atoms with Gasteiger partial charge in [-0.3, -0.25) is 14.6 Å². The molecule has 35 heavy (non-hydrogen) atoms. The summed E-state index contributed by atoms with van der Waals surface area (Å²) in [6.07, 6.45) is 4.85. The van der Waals surface area contributed by atoms with Crippen LogP contribution in [0, 0.1) is 6.92 Å². The van der Waals surface area contributed by atoms with Crippen LogP contribution in [0.25, 0.3) is 5.69 Å². The molecule has 1 saturated heterocycles. The third kappa shape index (κ3) is 3.05. The lowest BCUT2D eigenvalue weighted by Gasteiger charge is -2.40. The second-order valence-corrected chi connectivity index (χ2v) is 9.42. The zero-order chi connectivity index (χ0) is 24.3. The van der Waals surface area contributed by atoms with Gasteiger partial charge in [-0.15, -0.1) is 0 Å². The molecule has 174 valence electrons. The van der Waals surface area contributed by atoms with E-state index in [1.54, 1.807) is 63.4 Å². The van der Waals surface area contributed by atoms with Gasteiger partial charge in [0.25, 0.3) is 11.8 Å². The zero-order valence-corrected chi connectivity index (χ0v) is 20.2.